The molecular formula is C19H30N4O3S2. The maximum absolute atomic E-state index is 13.3. The highest BCUT2D eigenvalue weighted by molar-refractivity contribution is 7.91. The molecule has 2 heterocycles. The van der Waals surface area contributed by atoms with Crippen molar-refractivity contribution in [1.82, 2.24) is 9.62 Å². The summed E-state index contributed by atoms with van der Waals surface area (Å²) in [6.07, 6.45) is 7.51. The smallest absolute Gasteiger partial charge is 0.276 e. The Morgan fingerprint density at radius 2 is 2.07 bits per heavy atom. The Labute approximate surface area is 171 Å². The first-order valence-corrected chi connectivity index (χ1v) is 12.4. The van der Waals surface area contributed by atoms with E-state index in [4.69, 9.17) is 5.73 Å². The van der Waals surface area contributed by atoms with Gasteiger partial charge in [-0.1, -0.05) is 26.2 Å². The van der Waals surface area contributed by atoms with Crippen LogP contribution < -0.4 is 11.1 Å². The van der Waals surface area contributed by atoms with Crippen LogP contribution in [0.1, 0.15) is 56.7 Å². The number of guanidine groups is 1. The summed E-state index contributed by atoms with van der Waals surface area (Å²) in [5, 5.41) is 2.86. The average molecular weight is 427 g/mol. The van der Waals surface area contributed by atoms with Gasteiger partial charge in [-0.2, -0.15) is 0 Å². The Morgan fingerprint density at radius 1 is 1.32 bits per heavy atom. The van der Waals surface area contributed by atoms with E-state index in [-0.39, 0.29) is 17.9 Å². The third kappa shape index (κ3) is 4.68. The van der Waals surface area contributed by atoms with Crippen LogP contribution in [0.3, 0.4) is 0 Å². The zero-order chi connectivity index (χ0) is 20.1. The van der Waals surface area contributed by atoms with Crippen molar-refractivity contribution in [2.75, 3.05) is 13.1 Å². The van der Waals surface area contributed by atoms with Crippen LogP contribution in [0.4, 0.5) is 0 Å². The van der Waals surface area contributed by atoms with Gasteiger partial charge < -0.3 is 11.1 Å². The number of rotatable bonds is 8. The monoisotopic (exact) mass is 426 g/mol. The largest absolute Gasteiger partial charge is 0.369 e. The Hall–Kier alpha value is -1.61. The molecule has 0 saturated heterocycles. The molecule has 1 saturated carbocycles. The molecule has 1 aliphatic heterocycles. The summed E-state index contributed by atoms with van der Waals surface area (Å²) in [7, 11) is -3.71. The highest BCUT2D eigenvalue weighted by atomic mass is 32.2. The van der Waals surface area contributed by atoms with E-state index in [1.807, 2.05) is 13.0 Å². The van der Waals surface area contributed by atoms with Crippen LogP contribution in [-0.2, 0) is 21.2 Å². The fourth-order valence-electron chi connectivity index (χ4n) is 4.03. The first-order chi connectivity index (χ1) is 13.4. The van der Waals surface area contributed by atoms with Gasteiger partial charge in [0.25, 0.3) is 10.0 Å². The minimum Gasteiger partial charge on any atom is -0.369 e. The summed E-state index contributed by atoms with van der Waals surface area (Å²) >= 11 is 1.25. The second-order valence-electron chi connectivity index (χ2n) is 7.54. The van der Waals surface area contributed by atoms with Gasteiger partial charge in [-0.3, -0.25) is 9.79 Å². The van der Waals surface area contributed by atoms with Crippen molar-refractivity contribution in [2.24, 2.45) is 16.6 Å². The molecule has 1 aromatic heterocycles. The molecule has 3 N–H and O–H groups in total. The van der Waals surface area contributed by atoms with Crippen LogP contribution in [0, 0.1) is 5.92 Å². The van der Waals surface area contributed by atoms with Crippen LogP contribution >= 0.6 is 11.3 Å². The Bertz CT molecular complexity index is 813. The number of carbonyl (C=O) groups excluding carboxylic acids is 1. The Morgan fingerprint density at radius 3 is 2.79 bits per heavy atom. The van der Waals surface area contributed by atoms with E-state index in [1.165, 1.54) is 22.1 Å². The Balaban J connectivity index is 1.68. The van der Waals surface area contributed by atoms with Gasteiger partial charge in [0.15, 0.2) is 0 Å². The molecule has 0 bridgehead atoms. The summed E-state index contributed by atoms with van der Waals surface area (Å²) in [6, 6.07) is 3.30. The van der Waals surface area contributed by atoms with E-state index in [0.29, 0.717) is 36.1 Å². The standard InChI is InChI=1S/C19H30N4O3S2/c1-2-6-17(24)21-12-11-15-9-10-18(27-15)28(25,26)23-16(13-22-19(23)20)14-7-4-3-5-8-14/h9-10,14,16H,2-8,11-13H2,1H3,(H2,20,22)(H,21,24). The van der Waals surface area contributed by atoms with Crippen molar-refractivity contribution in [1.29, 1.82) is 0 Å². The second-order valence-corrected chi connectivity index (χ2v) is 10.7. The highest BCUT2D eigenvalue weighted by Gasteiger charge is 2.41. The fraction of sp³-hybridized carbons (Fsp3) is 0.684. The molecule has 0 aromatic carbocycles. The van der Waals surface area contributed by atoms with Gasteiger partial charge in [-0.25, -0.2) is 12.7 Å². The van der Waals surface area contributed by atoms with Crippen molar-refractivity contribution in [3.63, 3.8) is 0 Å². The number of hydrogen-bond donors (Lipinski definition) is 2. The summed E-state index contributed by atoms with van der Waals surface area (Å²) in [5.74, 6) is 0.460. The predicted octanol–water partition coefficient (Wildman–Crippen LogP) is 2.47. The molecule has 3 rings (SSSR count). The van der Waals surface area contributed by atoms with Crippen LogP contribution in [0.15, 0.2) is 21.3 Å². The van der Waals surface area contributed by atoms with E-state index in [1.54, 1.807) is 6.07 Å². The molecule has 156 valence electrons. The number of nitrogens with one attached hydrogen (secondary N) is 1. The summed E-state index contributed by atoms with van der Waals surface area (Å²) in [5.41, 5.74) is 6.00. The minimum absolute atomic E-state index is 0.0308. The number of aliphatic imine (C=N–C) groups is 1. The molecule has 0 spiro atoms. The van der Waals surface area contributed by atoms with E-state index >= 15 is 0 Å². The number of thiophene rings is 1. The Kier molecular flexibility index (Phi) is 6.98. The lowest BCUT2D eigenvalue weighted by Crippen LogP contribution is -2.48. The average Bonchev–Trinajstić information content (AvgIpc) is 3.30. The summed E-state index contributed by atoms with van der Waals surface area (Å²) < 4.78 is 28.2. The predicted molar refractivity (Wildman–Crippen MR) is 112 cm³/mol. The van der Waals surface area contributed by atoms with Crippen molar-refractivity contribution < 1.29 is 13.2 Å². The molecule has 1 atom stereocenters. The van der Waals surface area contributed by atoms with Gasteiger partial charge in [0.1, 0.15) is 4.21 Å². The molecule has 1 fully saturated rings. The first kappa shape index (κ1) is 21.1. The van der Waals surface area contributed by atoms with Crippen LogP contribution in [0.25, 0.3) is 0 Å². The van der Waals surface area contributed by atoms with Crippen molar-refractivity contribution in [3.05, 3.63) is 17.0 Å². The summed E-state index contributed by atoms with van der Waals surface area (Å²) in [6.45, 7) is 2.93. The fourth-order valence-corrected chi connectivity index (χ4v) is 7.08. The zero-order valence-corrected chi connectivity index (χ0v) is 18.0. The number of nitrogens with two attached hydrogens (primary N) is 1. The lowest BCUT2D eigenvalue weighted by molar-refractivity contribution is -0.121. The molecule has 0 radical (unpaired) electrons. The van der Waals surface area contributed by atoms with Gasteiger partial charge in [-0.05, 0) is 43.7 Å². The van der Waals surface area contributed by atoms with Crippen LogP contribution in [0.5, 0.6) is 0 Å². The lowest BCUT2D eigenvalue weighted by atomic mass is 9.84. The van der Waals surface area contributed by atoms with Crippen molar-refractivity contribution >= 4 is 33.2 Å². The lowest BCUT2D eigenvalue weighted by Gasteiger charge is -2.33. The van der Waals surface area contributed by atoms with Crippen LogP contribution in [0.2, 0.25) is 0 Å². The van der Waals surface area contributed by atoms with Crippen molar-refractivity contribution in [3.8, 4) is 0 Å². The van der Waals surface area contributed by atoms with Gasteiger partial charge in [-0.15, -0.1) is 11.3 Å². The zero-order valence-electron chi connectivity index (χ0n) is 16.4. The SMILES string of the molecule is CCCC(=O)NCCc1ccc(S(=O)(=O)N2C(N)=NCC2C2CCCCC2)s1. The van der Waals surface area contributed by atoms with E-state index in [0.717, 1.165) is 37.0 Å². The number of amides is 1. The topological polar surface area (TPSA) is 105 Å². The van der Waals surface area contributed by atoms with E-state index in [9.17, 15) is 13.2 Å². The molecule has 1 aliphatic carbocycles. The van der Waals surface area contributed by atoms with Crippen LogP contribution in [-0.4, -0.2) is 43.7 Å². The third-order valence-corrected chi connectivity index (χ3v) is 8.92. The molecule has 9 heteroatoms. The van der Waals surface area contributed by atoms with Gasteiger partial charge in [0, 0.05) is 17.8 Å². The number of carbonyl (C=O) groups is 1. The first-order valence-electron chi connectivity index (χ1n) is 10.1. The van der Waals surface area contributed by atoms with E-state index < -0.39 is 10.0 Å². The molecule has 2 aliphatic rings. The molecule has 1 unspecified atom stereocenters. The highest BCUT2D eigenvalue weighted by Crippen LogP contribution is 2.35. The summed E-state index contributed by atoms with van der Waals surface area (Å²) in [4.78, 5) is 16.7. The number of sulfonamides is 1. The number of nitrogens with zero attached hydrogens (tertiary/aromatic N) is 2. The molecule has 7 nitrogen and oxygen atoms in total. The maximum Gasteiger partial charge on any atom is 0.276 e. The van der Waals surface area contributed by atoms with E-state index in [2.05, 4.69) is 10.3 Å². The normalized spacial score (nSPS) is 21.0. The van der Waals surface area contributed by atoms with Gasteiger partial charge >= 0.3 is 0 Å². The van der Waals surface area contributed by atoms with Gasteiger partial charge in [0.05, 0.1) is 12.6 Å². The van der Waals surface area contributed by atoms with Crippen molar-refractivity contribution in [2.45, 2.75) is 68.5 Å². The second kappa shape index (κ2) is 9.26. The number of hydrogen-bond acceptors (Lipinski definition) is 6. The molecule has 1 amide bonds. The quantitative estimate of drug-likeness (QED) is 0.666. The third-order valence-electron chi connectivity index (χ3n) is 5.48. The maximum atomic E-state index is 13.3. The molecule has 28 heavy (non-hydrogen) atoms. The molecule has 1 aromatic rings. The minimum atomic E-state index is -3.71. The molecular weight excluding hydrogens is 396 g/mol. The van der Waals surface area contributed by atoms with Gasteiger partial charge in [0.2, 0.25) is 11.9 Å².